The van der Waals surface area contributed by atoms with E-state index in [1.165, 1.54) is 0 Å². The highest BCUT2D eigenvalue weighted by Crippen LogP contribution is 2.35. The number of anilines is 1. The van der Waals surface area contributed by atoms with E-state index in [9.17, 15) is 4.79 Å². The lowest BCUT2D eigenvalue weighted by Gasteiger charge is -2.23. The highest BCUT2D eigenvalue weighted by atomic mass is 19.1. The number of rotatable bonds is 7. The predicted molar refractivity (Wildman–Crippen MR) is 142 cm³/mol. The monoisotopic (exact) mass is 504 g/mol. The highest BCUT2D eigenvalue weighted by molar-refractivity contribution is 5.97. The van der Waals surface area contributed by atoms with Crippen LogP contribution in [0.5, 0.6) is 5.75 Å². The number of nitrogens with two attached hydrogens (primary N) is 1. The smallest absolute Gasteiger partial charge is 0.251 e. The molecule has 3 aromatic rings. The van der Waals surface area contributed by atoms with Crippen LogP contribution in [0.3, 0.4) is 0 Å². The number of fused-ring (bicyclic) bond motifs is 1. The summed E-state index contributed by atoms with van der Waals surface area (Å²) in [4.78, 5) is 18.2. The van der Waals surface area contributed by atoms with Crippen LogP contribution >= 0.6 is 0 Å². The number of benzene rings is 2. The summed E-state index contributed by atoms with van der Waals surface area (Å²) >= 11 is 0. The van der Waals surface area contributed by atoms with Crippen molar-refractivity contribution in [2.45, 2.75) is 25.8 Å². The van der Waals surface area contributed by atoms with E-state index in [1.54, 1.807) is 12.1 Å². The van der Waals surface area contributed by atoms with E-state index in [2.05, 4.69) is 15.2 Å². The molecule has 7 nitrogen and oxygen atoms in total. The summed E-state index contributed by atoms with van der Waals surface area (Å²) in [6.45, 7) is 3.44. The molecule has 0 bridgehead atoms. The fourth-order valence-electron chi connectivity index (χ4n) is 5.01. The Bertz CT molecular complexity index is 1300. The number of ether oxygens (including phenoxy) is 2. The van der Waals surface area contributed by atoms with E-state index >= 15 is 4.39 Å². The Hall–Kier alpha value is -3.49. The predicted octanol–water partition coefficient (Wildman–Crippen LogP) is 4.29. The fourth-order valence-corrected chi connectivity index (χ4v) is 5.01. The minimum atomic E-state index is -0.620. The Kier molecular flexibility index (Phi) is 7.39. The molecule has 2 aromatic carbocycles. The van der Waals surface area contributed by atoms with Gasteiger partial charge >= 0.3 is 0 Å². The molecular formula is C29H33FN4O3. The third kappa shape index (κ3) is 5.60. The summed E-state index contributed by atoms with van der Waals surface area (Å²) in [5, 5.41) is 2.85. The molecule has 0 aliphatic carbocycles. The van der Waals surface area contributed by atoms with Gasteiger partial charge in [0.15, 0.2) is 0 Å². The van der Waals surface area contributed by atoms with E-state index in [1.807, 2.05) is 44.4 Å². The van der Waals surface area contributed by atoms with Crippen LogP contribution in [0.1, 0.15) is 34.3 Å². The molecule has 8 heteroatoms. The summed E-state index contributed by atoms with van der Waals surface area (Å²) in [5.41, 5.74) is 11.3. The van der Waals surface area contributed by atoms with Crippen molar-refractivity contribution < 1.29 is 18.7 Å². The molecule has 2 aliphatic rings. The molecule has 0 atom stereocenters. The summed E-state index contributed by atoms with van der Waals surface area (Å²) in [5.74, 6) is 0.702. The van der Waals surface area contributed by atoms with Gasteiger partial charge < -0.3 is 25.4 Å². The molecule has 5 rings (SSSR count). The lowest BCUT2D eigenvalue weighted by atomic mass is 9.93. The number of aromatic nitrogens is 1. The number of nitrogens with zero attached hydrogens (tertiary/aromatic N) is 2. The van der Waals surface area contributed by atoms with Crippen molar-refractivity contribution in [3.63, 3.8) is 0 Å². The lowest BCUT2D eigenvalue weighted by Crippen LogP contribution is -2.31. The zero-order chi connectivity index (χ0) is 25.9. The average molecular weight is 505 g/mol. The number of nitrogens with one attached hydrogen (secondary N) is 1. The van der Waals surface area contributed by atoms with E-state index in [0.717, 1.165) is 54.9 Å². The topological polar surface area (TPSA) is 89.7 Å². The summed E-state index contributed by atoms with van der Waals surface area (Å²) in [6.07, 6.45) is 2.73. The van der Waals surface area contributed by atoms with Gasteiger partial charge in [0.25, 0.3) is 5.91 Å². The van der Waals surface area contributed by atoms with Crippen molar-refractivity contribution in [3.8, 4) is 28.0 Å². The molecule has 3 N–H and O–H groups in total. The third-order valence-electron chi connectivity index (χ3n) is 7.02. The fraction of sp³-hybridized carbons (Fsp3) is 0.379. The van der Waals surface area contributed by atoms with Gasteiger partial charge in [-0.3, -0.25) is 4.79 Å². The van der Waals surface area contributed by atoms with Crippen molar-refractivity contribution in [3.05, 3.63) is 65.1 Å². The number of amides is 1. The molecule has 0 saturated carbocycles. The van der Waals surface area contributed by atoms with Crippen LogP contribution in [0, 0.1) is 11.9 Å². The molecule has 1 fully saturated rings. The van der Waals surface area contributed by atoms with Crippen molar-refractivity contribution in [2.24, 2.45) is 5.92 Å². The minimum Gasteiger partial charge on any atom is -0.493 e. The van der Waals surface area contributed by atoms with Gasteiger partial charge in [-0.15, -0.1) is 0 Å². The first kappa shape index (κ1) is 25.2. The molecule has 0 unspecified atom stereocenters. The first-order valence-corrected chi connectivity index (χ1v) is 12.7. The van der Waals surface area contributed by atoms with Gasteiger partial charge in [-0.1, -0.05) is 18.2 Å². The molecule has 0 spiro atoms. The Morgan fingerprint density at radius 3 is 2.62 bits per heavy atom. The molecule has 0 radical (unpaired) electrons. The SMILES string of the molecule is CN(C)Cc1cc(-c2cc(-c3ccc4c(c3)CCNC4=O)c(N)nc2F)ccc1OCC1CCOCC1. The Labute approximate surface area is 216 Å². The van der Waals surface area contributed by atoms with Crippen molar-refractivity contribution >= 4 is 11.7 Å². The standard InChI is InChI=1S/C29H33FN4O3/c1-34(2)16-22-14-19(4-6-26(22)37-17-18-8-11-36-12-9-18)24-15-25(28(31)33-27(24)30)20-3-5-23-21(13-20)7-10-32-29(23)35/h3-6,13-15,18H,7-12,16-17H2,1-2H3,(H2,31,33)(H,32,35). The molecule has 2 aliphatic heterocycles. The molecule has 1 amide bonds. The van der Waals surface area contributed by atoms with Gasteiger partial charge in [0.1, 0.15) is 11.6 Å². The maximum Gasteiger partial charge on any atom is 0.251 e. The maximum absolute atomic E-state index is 15.1. The van der Waals surface area contributed by atoms with Gasteiger partial charge in [0.2, 0.25) is 5.95 Å². The second kappa shape index (κ2) is 10.9. The van der Waals surface area contributed by atoms with Crippen LogP contribution in [-0.4, -0.2) is 56.3 Å². The third-order valence-corrected chi connectivity index (χ3v) is 7.02. The molecule has 1 aromatic heterocycles. The number of carbonyl (C=O) groups is 1. The normalized spacial score (nSPS) is 15.9. The van der Waals surface area contributed by atoms with Crippen LogP contribution in [0.4, 0.5) is 10.2 Å². The van der Waals surface area contributed by atoms with Crippen molar-refractivity contribution in [2.75, 3.05) is 46.2 Å². The zero-order valence-electron chi connectivity index (χ0n) is 21.4. The van der Waals surface area contributed by atoms with Crippen LogP contribution in [0.15, 0.2) is 42.5 Å². The number of pyridine rings is 1. The molecular weight excluding hydrogens is 471 g/mol. The molecule has 194 valence electrons. The van der Waals surface area contributed by atoms with Gasteiger partial charge in [-0.2, -0.15) is 4.39 Å². The van der Waals surface area contributed by atoms with Crippen molar-refractivity contribution in [1.29, 1.82) is 0 Å². The summed E-state index contributed by atoms with van der Waals surface area (Å²) in [6, 6.07) is 13.1. The van der Waals surface area contributed by atoms with Gasteiger partial charge in [0, 0.05) is 48.6 Å². The number of hydrogen-bond donors (Lipinski definition) is 2. The quantitative estimate of drug-likeness (QED) is 0.467. The number of hydrogen-bond acceptors (Lipinski definition) is 6. The van der Waals surface area contributed by atoms with Crippen LogP contribution < -0.4 is 15.8 Å². The van der Waals surface area contributed by atoms with E-state index in [-0.39, 0.29) is 11.7 Å². The lowest BCUT2D eigenvalue weighted by molar-refractivity contribution is 0.0495. The first-order valence-electron chi connectivity index (χ1n) is 12.7. The molecule has 37 heavy (non-hydrogen) atoms. The van der Waals surface area contributed by atoms with E-state index in [4.69, 9.17) is 15.2 Å². The zero-order valence-corrected chi connectivity index (χ0v) is 21.4. The number of carbonyl (C=O) groups excluding carboxylic acids is 1. The first-order chi connectivity index (χ1) is 17.9. The van der Waals surface area contributed by atoms with Crippen molar-refractivity contribution in [1.82, 2.24) is 15.2 Å². The summed E-state index contributed by atoms with van der Waals surface area (Å²) < 4.78 is 26.8. The second-order valence-electron chi connectivity index (χ2n) is 10.1. The molecule has 1 saturated heterocycles. The summed E-state index contributed by atoms with van der Waals surface area (Å²) in [7, 11) is 3.99. The van der Waals surface area contributed by atoms with E-state index < -0.39 is 5.95 Å². The number of nitrogen functional groups attached to an aromatic ring is 1. The molecule has 3 heterocycles. The number of halogens is 1. The Morgan fingerprint density at radius 1 is 1.08 bits per heavy atom. The van der Waals surface area contributed by atoms with Gasteiger partial charge in [0.05, 0.1) is 6.61 Å². The Balaban J connectivity index is 1.47. The highest BCUT2D eigenvalue weighted by Gasteiger charge is 2.20. The van der Waals surface area contributed by atoms with E-state index in [0.29, 0.717) is 47.9 Å². The largest absolute Gasteiger partial charge is 0.493 e. The maximum atomic E-state index is 15.1. The van der Waals surface area contributed by atoms with Crippen LogP contribution in [0.2, 0.25) is 0 Å². The minimum absolute atomic E-state index is 0.0776. The second-order valence-corrected chi connectivity index (χ2v) is 10.1. The van der Waals surface area contributed by atoms with Crippen LogP contribution in [-0.2, 0) is 17.7 Å². The Morgan fingerprint density at radius 2 is 1.84 bits per heavy atom. The van der Waals surface area contributed by atoms with Crippen LogP contribution in [0.25, 0.3) is 22.3 Å². The van der Waals surface area contributed by atoms with Gasteiger partial charge in [-0.05, 0) is 80.2 Å². The average Bonchev–Trinajstić information content (AvgIpc) is 2.88. The van der Waals surface area contributed by atoms with Gasteiger partial charge in [-0.25, -0.2) is 4.98 Å².